The number of carbonyl (C=O) groups excluding carboxylic acids is 3. The number of fused-ring (bicyclic) bond motifs is 1. The van der Waals surface area contributed by atoms with Crippen molar-refractivity contribution in [3.63, 3.8) is 0 Å². The Morgan fingerprint density at radius 1 is 0.800 bits per heavy atom. The van der Waals surface area contributed by atoms with Gasteiger partial charge in [-0.05, 0) is 18.6 Å². The van der Waals surface area contributed by atoms with Crippen molar-refractivity contribution in [2.45, 2.75) is 71.1 Å². The molecule has 0 aliphatic carbocycles. The molecule has 0 unspecified atom stereocenters. The van der Waals surface area contributed by atoms with Gasteiger partial charge in [0.05, 0.1) is 30.9 Å². The Labute approximate surface area is 179 Å². The molecule has 0 bridgehead atoms. The van der Waals surface area contributed by atoms with Gasteiger partial charge in [0.15, 0.2) is 0 Å². The van der Waals surface area contributed by atoms with E-state index in [-0.39, 0.29) is 44.1 Å². The van der Waals surface area contributed by atoms with Crippen LogP contribution in [0.25, 0.3) is 0 Å². The topological polar surface area (TPSA) is 72.9 Å². The van der Waals surface area contributed by atoms with Crippen LogP contribution in [0.3, 0.4) is 0 Å². The van der Waals surface area contributed by atoms with Gasteiger partial charge >= 0.3 is 5.97 Å². The molecule has 0 radical (unpaired) electrons. The SMILES string of the molecule is CCCCCCCCCCCC(=O)OCCOCCN1C(=O)c2ccccc2C1=O. The minimum atomic E-state index is -0.286. The molecule has 0 aromatic heterocycles. The van der Waals surface area contributed by atoms with Gasteiger partial charge in [-0.25, -0.2) is 0 Å². The highest BCUT2D eigenvalue weighted by Gasteiger charge is 2.34. The van der Waals surface area contributed by atoms with Crippen molar-refractivity contribution in [2.24, 2.45) is 0 Å². The zero-order valence-corrected chi connectivity index (χ0v) is 18.2. The van der Waals surface area contributed by atoms with Crippen LogP contribution in [0, 0.1) is 0 Å². The van der Waals surface area contributed by atoms with Gasteiger partial charge in [-0.2, -0.15) is 0 Å². The summed E-state index contributed by atoms with van der Waals surface area (Å²) in [6.45, 7) is 3.09. The van der Waals surface area contributed by atoms with Gasteiger partial charge in [0.2, 0.25) is 0 Å². The number of hydrogen-bond acceptors (Lipinski definition) is 5. The molecule has 6 heteroatoms. The summed E-state index contributed by atoms with van der Waals surface area (Å²) in [5, 5.41) is 0. The van der Waals surface area contributed by atoms with Crippen molar-refractivity contribution in [3.8, 4) is 0 Å². The van der Waals surface area contributed by atoms with E-state index in [1.54, 1.807) is 24.3 Å². The Kier molecular flexibility index (Phi) is 11.2. The lowest BCUT2D eigenvalue weighted by Gasteiger charge is -2.13. The fourth-order valence-electron chi connectivity index (χ4n) is 3.57. The van der Waals surface area contributed by atoms with E-state index in [4.69, 9.17) is 9.47 Å². The quantitative estimate of drug-likeness (QED) is 0.220. The Morgan fingerprint density at radius 3 is 1.97 bits per heavy atom. The first-order chi connectivity index (χ1) is 14.6. The van der Waals surface area contributed by atoms with Crippen LogP contribution < -0.4 is 0 Å². The highest BCUT2D eigenvalue weighted by Crippen LogP contribution is 2.21. The van der Waals surface area contributed by atoms with Gasteiger partial charge in [-0.1, -0.05) is 70.4 Å². The summed E-state index contributed by atoms with van der Waals surface area (Å²) in [6, 6.07) is 6.80. The number of ether oxygens (including phenoxy) is 2. The van der Waals surface area contributed by atoms with Crippen LogP contribution in [0.2, 0.25) is 0 Å². The molecule has 0 saturated heterocycles. The second-order valence-corrected chi connectivity index (χ2v) is 7.72. The lowest BCUT2D eigenvalue weighted by atomic mass is 10.1. The van der Waals surface area contributed by atoms with Crippen LogP contribution in [-0.2, 0) is 14.3 Å². The third-order valence-electron chi connectivity index (χ3n) is 5.31. The van der Waals surface area contributed by atoms with Crippen LogP contribution in [0.5, 0.6) is 0 Å². The predicted octanol–water partition coefficient (Wildman–Crippen LogP) is 4.76. The summed E-state index contributed by atoms with van der Waals surface area (Å²) in [7, 11) is 0. The zero-order chi connectivity index (χ0) is 21.6. The molecule has 0 atom stereocenters. The van der Waals surface area contributed by atoms with E-state index in [9.17, 15) is 14.4 Å². The maximum absolute atomic E-state index is 12.2. The number of esters is 1. The van der Waals surface area contributed by atoms with Crippen LogP contribution in [-0.4, -0.2) is 49.0 Å². The molecule has 0 N–H and O–H groups in total. The summed E-state index contributed by atoms with van der Waals surface area (Å²) in [6.07, 6.45) is 11.4. The van der Waals surface area contributed by atoms with Crippen molar-refractivity contribution in [2.75, 3.05) is 26.4 Å². The zero-order valence-electron chi connectivity index (χ0n) is 18.2. The molecule has 0 spiro atoms. The maximum Gasteiger partial charge on any atom is 0.305 e. The molecular weight excluding hydrogens is 382 g/mol. The fourth-order valence-corrected chi connectivity index (χ4v) is 3.57. The number of nitrogens with zero attached hydrogens (tertiary/aromatic N) is 1. The smallest absolute Gasteiger partial charge is 0.305 e. The second-order valence-electron chi connectivity index (χ2n) is 7.72. The molecule has 1 aromatic rings. The van der Waals surface area contributed by atoms with Gasteiger partial charge in [-0.3, -0.25) is 19.3 Å². The Balaban J connectivity index is 1.43. The van der Waals surface area contributed by atoms with Crippen molar-refractivity contribution in [1.29, 1.82) is 0 Å². The molecule has 2 amide bonds. The molecule has 0 fully saturated rings. The van der Waals surface area contributed by atoms with E-state index < -0.39 is 0 Å². The number of imide groups is 1. The highest BCUT2D eigenvalue weighted by molar-refractivity contribution is 6.21. The van der Waals surface area contributed by atoms with Gasteiger partial charge in [0, 0.05) is 6.42 Å². The van der Waals surface area contributed by atoms with E-state index in [0.717, 1.165) is 12.8 Å². The number of amides is 2. The average molecular weight is 418 g/mol. The van der Waals surface area contributed by atoms with Crippen molar-refractivity contribution in [1.82, 2.24) is 4.90 Å². The highest BCUT2D eigenvalue weighted by atomic mass is 16.6. The lowest BCUT2D eigenvalue weighted by Crippen LogP contribution is -2.33. The third kappa shape index (κ3) is 7.90. The van der Waals surface area contributed by atoms with Crippen molar-refractivity contribution in [3.05, 3.63) is 35.4 Å². The van der Waals surface area contributed by atoms with E-state index >= 15 is 0 Å². The van der Waals surface area contributed by atoms with Crippen LogP contribution in [0.15, 0.2) is 24.3 Å². The van der Waals surface area contributed by atoms with E-state index in [1.807, 2.05) is 0 Å². The number of carbonyl (C=O) groups is 3. The van der Waals surface area contributed by atoms with Gasteiger partial charge in [0.25, 0.3) is 11.8 Å². The first kappa shape index (κ1) is 24.1. The number of benzene rings is 1. The molecule has 166 valence electrons. The standard InChI is InChI=1S/C24H35NO5/c1-2-3-4-5-6-7-8-9-10-15-22(26)30-19-18-29-17-16-25-23(27)20-13-11-12-14-21(20)24(25)28/h11-14H,2-10,15-19H2,1H3. The first-order valence-electron chi connectivity index (χ1n) is 11.3. The monoisotopic (exact) mass is 417 g/mol. The third-order valence-corrected chi connectivity index (χ3v) is 5.31. The van der Waals surface area contributed by atoms with E-state index in [0.29, 0.717) is 17.5 Å². The molecule has 0 saturated carbocycles. The molecule has 1 heterocycles. The number of unbranched alkanes of at least 4 members (excludes halogenated alkanes) is 8. The van der Waals surface area contributed by atoms with E-state index in [2.05, 4.69) is 6.92 Å². The summed E-state index contributed by atoms with van der Waals surface area (Å²) < 4.78 is 10.6. The van der Waals surface area contributed by atoms with Crippen molar-refractivity contribution < 1.29 is 23.9 Å². The predicted molar refractivity (Wildman–Crippen MR) is 115 cm³/mol. The minimum Gasteiger partial charge on any atom is -0.463 e. The molecule has 1 aliphatic heterocycles. The summed E-state index contributed by atoms with van der Waals surface area (Å²) >= 11 is 0. The summed E-state index contributed by atoms with van der Waals surface area (Å²) in [5.74, 6) is -0.764. The molecule has 6 nitrogen and oxygen atoms in total. The van der Waals surface area contributed by atoms with Gasteiger partial charge < -0.3 is 9.47 Å². The van der Waals surface area contributed by atoms with Gasteiger partial charge in [0.1, 0.15) is 6.61 Å². The number of hydrogen-bond donors (Lipinski definition) is 0. The molecule has 1 aromatic carbocycles. The van der Waals surface area contributed by atoms with E-state index in [1.165, 1.54) is 49.8 Å². The average Bonchev–Trinajstić information content (AvgIpc) is 3.00. The van der Waals surface area contributed by atoms with Crippen LogP contribution >= 0.6 is 0 Å². The largest absolute Gasteiger partial charge is 0.463 e. The maximum atomic E-state index is 12.2. The number of rotatable bonds is 16. The summed E-state index contributed by atoms with van der Waals surface area (Å²) in [5.41, 5.74) is 0.876. The Morgan fingerprint density at radius 2 is 1.37 bits per heavy atom. The molecular formula is C24H35NO5. The minimum absolute atomic E-state index is 0.193. The van der Waals surface area contributed by atoms with Crippen LogP contribution in [0.4, 0.5) is 0 Å². The molecule has 30 heavy (non-hydrogen) atoms. The van der Waals surface area contributed by atoms with Crippen molar-refractivity contribution >= 4 is 17.8 Å². The molecule has 2 rings (SSSR count). The first-order valence-corrected chi connectivity index (χ1v) is 11.3. The van der Waals surface area contributed by atoms with Crippen LogP contribution in [0.1, 0.15) is 91.8 Å². The Bertz CT molecular complexity index is 653. The Hall–Kier alpha value is -2.21. The van der Waals surface area contributed by atoms with Gasteiger partial charge in [-0.15, -0.1) is 0 Å². The lowest BCUT2D eigenvalue weighted by molar-refractivity contribution is -0.145. The second kappa shape index (κ2) is 13.9. The summed E-state index contributed by atoms with van der Waals surface area (Å²) in [4.78, 5) is 37.4. The molecule has 1 aliphatic rings. The fraction of sp³-hybridized carbons (Fsp3) is 0.625. The normalized spacial score (nSPS) is 13.0.